The number of benzene rings is 1. The third-order valence-electron chi connectivity index (χ3n) is 3.11. The van der Waals surface area contributed by atoms with Gasteiger partial charge in [0.15, 0.2) is 12.4 Å². The van der Waals surface area contributed by atoms with Crippen molar-refractivity contribution in [2.75, 3.05) is 11.5 Å². The summed E-state index contributed by atoms with van der Waals surface area (Å²) in [5, 5.41) is 0.720. The molecule has 0 fully saturated rings. The van der Waals surface area contributed by atoms with Gasteiger partial charge in [-0.1, -0.05) is 18.2 Å². The van der Waals surface area contributed by atoms with Crippen molar-refractivity contribution in [3.63, 3.8) is 0 Å². The quantitative estimate of drug-likeness (QED) is 0.691. The summed E-state index contributed by atoms with van der Waals surface area (Å²) < 4.78 is 5.26. The molecule has 0 saturated carbocycles. The van der Waals surface area contributed by atoms with Gasteiger partial charge in [-0.15, -0.1) is 0 Å². The summed E-state index contributed by atoms with van der Waals surface area (Å²) >= 11 is 0. The first-order chi connectivity index (χ1) is 11.0. The second-order valence-corrected chi connectivity index (χ2v) is 4.87. The van der Waals surface area contributed by atoms with E-state index in [1.54, 1.807) is 6.07 Å². The summed E-state index contributed by atoms with van der Waals surface area (Å²) in [4.78, 5) is 28.1. The lowest BCUT2D eigenvalue weighted by Gasteiger charge is -2.08. The molecular weight excluding hydrogens is 296 g/mol. The van der Waals surface area contributed by atoms with Crippen LogP contribution in [-0.4, -0.2) is 25.9 Å². The number of nitrogens with zero attached hydrogens (tertiary/aromatic N) is 4. The molecule has 1 aromatic carbocycles. The third-order valence-corrected chi connectivity index (χ3v) is 3.11. The van der Waals surface area contributed by atoms with Crippen molar-refractivity contribution in [2.45, 2.75) is 13.5 Å². The van der Waals surface area contributed by atoms with Crippen LogP contribution >= 0.6 is 0 Å². The number of pyridine rings is 1. The number of carbonyl (C=O) groups excluding carboxylic acids is 1. The van der Waals surface area contributed by atoms with Crippen molar-refractivity contribution in [2.24, 2.45) is 0 Å². The molecule has 0 saturated heterocycles. The van der Waals surface area contributed by atoms with Crippen LogP contribution in [0.2, 0.25) is 0 Å². The van der Waals surface area contributed by atoms with E-state index >= 15 is 0 Å². The SMILES string of the molecule is Cc1cc(C(=O)OCc2nc(N)nc(N)n2)c2ccccc2n1. The number of hydrogen-bond donors (Lipinski definition) is 2. The van der Waals surface area contributed by atoms with Crippen LogP contribution in [0.25, 0.3) is 10.9 Å². The van der Waals surface area contributed by atoms with Crippen molar-refractivity contribution in [3.05, 3.63) is 47.4 Å². The second-order valence-electron chi connectivity index (χ2n) is 4.87. The van der Waals surface area contributed by atoms with E-state index < -0.39 is 5.97 Å². The Bertz CT molecular complexity index is 876. The number of carbonyl (C=O) groups is 1. The van der Waals surface area contributed by atoms with E-state index in [0.29, 0.717) is 5.56 Å². The highest BCUT2D eigenvalue weighted by Crippen LogP contribution is 2.19. The van der Waals surface area contributed by atoms with E-state index in [-0.39, 0.29) is 24.3 Å². The zero-order chi connectivity index (χ0) is 16.4. The summed E-state index contributed by atoms with van der Waals surface area (Å²) in [6.07, 6.45) is 0. The summed E-state index contributed by atoms with van der Waals surface area (Å²) in [5.74, 6) is -0.342. The van der Waals surface area contributed by atoms with E-state index in [1.165, 1.54) is 0 Å². The number of anilines is 2. The molecule has 0 radical (unpaired) electrons. The highest BCUT2D eigenvalue weighted by Gasteiger charge is 2.14. The number of fused-ring (bicyclic) bond motifs is 1. The molecule has 23 heavy (non-hydrogen) atoms. The lowest BCUT2D eigenvalue weighted by molar-refractivity contribution is 0.0464. The molecule has 0 unspecified atom stereocenters. The minimum absolute atomic E-state index is 0.0197. The lowest BCUT2D eigenvalue weighted by atomic mass is 10.1. The normalized spacial score (nSPS) is 10.7. The number of nitrogens with two attached hydrogens (primary N) is 2. The Morgan fingerprint density at radius 3 is 2.52 bits per heavy atom. The summed E-state index contributed by atoms with van der Waals surface area (Å²) in [7, 11) is 0. The number of aryl methyl sites for hydroxylation is 1. The van der Waals surface area contributed by atoms with Crippen molar-refractivity contribution >= 4 is 28.8 Å². The molecule has 3 aromatic rings. The van der Waals surface area contributed by atoms with Crippen molar-refractivity contribution in [1.82, 2.24) is 19.9 Å². The smallest absolute Gasteiger partial charge is 0.339 e. The van der Waals surface area contributed by atoms with Gasteiger partial charge in [0, 0.05) is 11.1 Å². The maximum Gasteiger partial charge on any atom is 0.339 e. The Balaban J connectivity index is 1.86. The molecule has 0 atom stereocenters. The van der Waals surface area contributed by atoms with Crippen LogP contribution in [0.4, 0.5) is 11.9 Å². The number of hydrogen-bond acceptors (Lipinski definition) is 8. The minimum Gasteiger partial charge on any atom is -0.454 e. The zero-order valence-corrected chi connectivity index (χ0v) is 12.4. The summed E-state index contributed by atoms with van der Waals surface area (Å²) in [6.45, 7) is 1.67. The van der Waals surface area contributed by atoms with Crippen LogP contribution in [0.1, 0.15) is 21.9 Å². The van der Waals surface area contributed by atoms with Crippen LogP contribution < -0.4 is 11.5 Å². The molecule has 2 heterocycles. The largest absolute Gasteiger partial charge is 0.454 e. The molecule has 0 aliphatic rings. The van der Waals surface area contributed by atoms with Crippen LogP contribution in [0, 0.1) is 6.92 Å². The van der Waals surface area contributed by atoms with E-state index in [1.807, 2.05) is 31.2 Å². The fraction of sp³-hybridized carbons (Fsp3) is 0.133. The second kappa shape index (κ2) is 5.84. The van der Waals surface area contributed by atoms with Crippen molar-refractivity contribution < 1.29 is 9.53 Å². The monoisotopic (exact) mass is 310 g/mol. The maximum absolute atomic E-state index is 12.4. The van der Waals surface area contributed by atoms with Crippen molar-refractivity contribution in [3.8, 4) is 0 Å². The highest BCUT2D eigenvalue weighted by molar-refractivity contribution is 6.03. The molecule has 8 nitrogen and oxygen atoms in total. The van der Waals surface area contributed by atoms with E-state index in [2.05, 4.69) is 19.9 Å². The topological polar surface area (TPSA) is 130 Å². The van der Waals surface area contributed by atoms with Crippen LogP contribution in [0.15, 0.2) is 30.3 Å². The number of ether oxygens (including phenoxy) is 1. The Labute approximate surface area is 131 Å². The van der Waals surface area contributed by atoms with Crippen molar-refractivity contribution in [1.29, 1.82) is 0 Å². The van der Waals surface area contributed by atoms with Crippen LogP contribution in [0.3, 0.4) is 0 Å². The maximum atomic E-state index is 12.4. The first-order valence-electron chi connectivity index (χ1n) is 6.82. The zero-order valence-electron chi connectivity index (χ0n) is 12.4. The van der Waals surface area contributed by atoms with Gasteiger partial charge in [0.05, 0.1) is 11.1 Å². The van der Waals surface area contributed by atoms with Gasteiger partial charge in [0.2, 0.25) is 11.9 Å². The predicted octanol–water partition coefficient (Wildman–Crippen LogP) is 1.25. The van der Waals surface area contributed by atoms with Gasteiger partial charge in [-0.3, -0.25) is 4.98 Å². The molecule has 0 bridgehead atoms. The van der Waals surface area contributed by atoms with Gasteiger partial charge < -0.3 is 16.2 Å². The van der Waals surface area contributed by atoms with Gasteiger partial charge in [0.25, 0.3) is 0 Å². The van der Waals surface area contributed by atoms with Crippen LogP contribution in [0.5, 0.6) is 0 Å². The Morgan fingerprint density at radius 2 is 1.78 bits per heavy atom. The van der Waals surface area contributed by atoms with Gasteiger partial charge in [-0.05, 0) is 19.1 Å². The molecule has 0 aliphatic carbocycles. The lowest BCUT2D eigenvalue weighted by Crippen LogP contribution is -2.11. The molecule has 116 valence electrons. The van der Waals surface area contributed by atoms with Gasteiger partial charge in [-0.25, -0.2) is 4.79 Å². The molecule has 0 amide bonds. The fourth-order valence-electron chi connectivity index (χ4n) is 2.21. The van der Waals surface area contributed by atoms with Gasteiger partial charge in [-0.2, -0.15) is 15.0 Å². The van der Waals surface area contributed by atoms with E-state index in [0.717, 1.165) is 16.6 Å². The Hall–Kier alpha value is -3.29. The first kappa shape index (κ1) is 14.6. The van der Waals surface area contributed by atoms with Crippen LogP contribution in [-0.2, 0) is 11.3 Å². The van der Waals surface area contributed by atoms with E-state index in [9.17, 15) is 4.79 Å². The Kier molecular flexibility index (Phi) is 3.71. The average molecular weight is 310 g/mol. The molecule has 2 aromatic heterocycles. The molecule has 3 rings (SSSR count). The number of nitrogen functional groups attached to an aromatic ring is 2. The minimum atomic E-state index is -0.496. The molecule has 8 heteroatoms. The van der Waals surface area contributed by atoms with Gasteiger partial charge >= 0.3 is 5.97 Å². The summed E-state index contributed by atoms with van der Waals surface area (Å²) in [6, 6.07) is 9.04. The van der Waals surface area contributed by atoms with E-state index in [4.69, 9.17) is 16.2 Å². The fourth-order valence-corrected chi connectivity index (χ4v) is 2.21. The number of esters is 1. The predicted molar refractivity (Wildman–Crippen MR) is 84.3 cm³/mol. The third kappa shape index (κ3) is 3.15. The standard InChI is InChI=1S/C15H14N6O2/c1-8-6-10(9-4-2-3-5-11(9)18-8)13(22)23-7-12-19-14(16)21-15(17)20-12/h2-6H,7H2,1H3,(H4,16,17,19,20,21). The first-order valence-corrected chi connectivity index (χ1v) is 6.82. The molecule has 0 aliphatic heterocycles. The van der Waals surface area contributed by atoms with Gasteiger partial charge in [0.1, 0.15) is 0 Å². The highest BCUT2D eigenvalue weighted by atomic mass is 16.5. The average Bonchev–Trinajstić information content (AvgIpc) is 2.51. The number of rotatable bonds is 3. The molecule has 0 spiro atoms. The molecular formula is C15H14N6O2. The molecule has 4 N–H and O–H groups in total. The Morgan fingerprint density at radius 1 is 1.09 bits per heavy atom. The summed E-state index contributed by atoms with van der Waals surface area (Å²) in [5.41, 5.74) is 12.8. The number of aromatic nitrogens is 4. The number of para-hydroxylation sites is 1.